The van der Waals surface area contributed by atoms with Crippen molar-refractivity contribution in [3.63, 3.8) is 0 Å². The van der Waals surface area contributed by atoms with Crippen molar-refractivity contribution in [2.24, 2.45) is 5.92 Å². The van der Waals surface area contributed by atoms with Gasteiger partial charge < -0.3 is 15.7 Å². The van der Waals surface area contributed by atoms with Gasteiger partial charge in [0.15, 0.2) is 0 Å². The fourth-order valence-corrected chi connectivity index (χ4v) is 2.03. The van der Waals surface area contributed by atoms with Crippen LogP contribution in [0.15, 0.2) is 28.7 Å². The monoisotopic (exact) mass is 328 g/mol. The first kappa shape index (κ1) is 16.1. The van der Waals surface area contributed by atoms with E-state index in [9.17, 15) is 9.90 Å². The van der Waals surface area contributed by atoms with Crippen molar-refractivity contribution in [1.29, 1.82) is 0 Å². The second-order valence-electron chi connectivity index (χ2n) is 4.95. The summed E-state index contributed by atoms with van der Waals surface area (Å²) in [5, 5.41) is 15.1. The summed E-state index contributed by atoms with van der Waals surface area (Å²) in [6, 6.07) is 7.38. The van der Waals surface area contributed by atoms with Crippen molar-refractivity contribution >= 4 is 27.5 Å². The molecule has 1 atom stereocenters. The molecule has 0 heterocycles. The molecule has 0 aromatic heterocycles. The van der Waals surface area contributed by atoms with Crippen LogP contribution in [0.2, 0.25) is 0 Å². The summed E-state index contributed by atoms with van der Waals surface area (Å²) in [7, 11) is 0. The van der Waals surface area contributed by atoms with Gasteiger partial charge >= 0.3 is 0 Å². The highest BCUT2D eigenvalue weighted by atomic mass is 79.9. The molecule has 19 heavy (non-hydrogen) atoms. The number of halogens is 1. The molecule has 1 aromatic rings. The maximum atomic E-state index is 11.7. The second-order valence-corrected chi connectivity index (χ2v) is 5.86. The fourth-order valence-electron chi connectivity index (χ4n) is 1.77. The number of anilines is 1. The number of hydrogen-bond donors (Lipinski definition) is 3. The van der Waals surface area contributed by atoms with E-state index in [1.54, 1.807) is 0 Å². The van der Waals surface area contributed by atoms with E-state index in [2.05, 4.69) is 40.4 Å². The molecule has 0 aliphatic carbocycles. The van der Waals surface area contributed by atoms with Crippen LogP contribution in [0.1, 0.15) is 20.3 Å². The Morgan fingerprint density at radius 3 is 2.47 bits per heavy atom. The van der Waals surface area contributed by atoms with Crippen LogP contribution in [0, 0.1) is 5.92 Å². The number of carbonyl (C=O) groups excluding carboxylic acids is 1. The summed E-state index contributed by atoms with van der Waals surface area (Å²) in [6.07, 6.45) is 0.849. The summed E-state index contributed by atoms with van der Waals surface area (Å²) >= 11 is 3.34. The molecule has 1 unspecified atom stereocenters. The molecule has 0 aliphatic rings. The summed E-state index contributed by atoms with van der Waals surface area (Å²) in [4.78, 5) is 11.7. The Hall–Kier alpha value is -0.910. The Kier molecular flexibility index (Phi) is 7.05. The molecule has 0 saturated heterocycles. The van der Waals surface area contributed by atoms with Crippen LogP contribution in [-0.4, -0.2) is 30.2 Å². The lowest BCUT2D eigenvalue weighted by atomic mass is 10.0. The Bertz CT molecular complexity index is 393. The van der Waals surface area contributed by atoms with Gasteiger partial charge in [0.25, 0.3) is 0 Å². The molecule has 1 amide bonds. The largest absolute Gasteiger partial charge is 0.395 e. The number of amides is 1. The molecule has 5 heteroatoms. The van der Waals surface area contributed by atoms with E-state index in [0.717, 1.165) is 16.6 Å². The molecule has 0 spiro atoms. The molecule has 0 aliphatic heterocycles. The number of carbonyl (C=O) groups is 1. The Balaban J connectivity index is 2.36. The predicted octanol–water partition coefficient (Wildman–Crippen LogP) is 2.38. The molecule has 4 nitrogen and oxygen atoms in total. The first-order valence-corrected chi connectivity index (χ1v) is 7.20. The Morgan fingerprint density at radius 1 is 1.32 bits per heavy atom. The summed E-state index contributed by atoms with van der Waals surface area (Å²) in [5.74, 6) is 0.378. The average molecular weight is 329 g/mol. The van der Waals surface area contributed by atoms with Gasteiger partial charge in [-0.15, -0.1) is 0 Å². The van der Waals surface area contributed by atoms with E-state index in [-0.39, 0.29) is 25.1 Å². The van der Waals surface area contributed by atoms with Gasteiger partial charge in [0.05, 0.1) is 13.2 Å². The minimum atomic E-state index is -0.107. The number of aliphatic hydroxyl groups is 1. The van der Waals surface area contributed by atoms with Crippen LogP contribution in [-0.2, 0) is 4.79 Å². The summed E-state index contributed by atoms with van der Waals surface area (Å²) in [6.45, 7) is 4.43. The highest BCUT2D eigenvalue weighted by Gasteiger charge is 2.11. The molecule has 0 saturated carbocycles. The maximum Gasteiger partial charge on any atom is 0.238 e. The number of nitrogens with one attached hydrogen (secondary N) is 2. The number of hydrogen-bond acceptors (Lipinski definition) is 3. The topological polar surface area (TPSA) is 61.4 Å². The molecular formula is C14H21BrN2O2. The molecule has 0 bridgehead atoms. The number of rotatable bonds is 7. The van der Waals surface area contributed by atoms with Gasteiger partial charge in [-0.25, -0.2) is 0 Å². The lowest BCUT2D eigenvalue weighted by molar-refractivity contribution is -0.115. The number of aliphatic hydroxyl groups excluding tert-OH is 1. The van der Waals surface area contributed by atoms with E-state index in [1.165, 1.54) is 0 Å². The van der Waals surface area contributed by atoms with Crippen LogP contribution in [0.3, 0.4) is 0 Å². The number of benzene rings is 1. The zero-order valence-electron chi connectivity index (χ0n) is 11.3. The lowest BCUT2D eigenvalue weighted by Gasteiger charge is -2.18. The van der Waals surface area contributed by atoms with E-state index < -0.39 is 0 Å². The third kappa shape index (κ3) is 6.71. The van der Waals surface area contributed by atoms with Crippen molar-refractivity contribution < 1.29 is 9.90 Å². The van der Waals surface area contributed by atoms with E-state index >= 15 is 0 Å². The standard InChI is InChI=1S/C14H21BrN2O2/c1-10(2)7-13(9-18)16-8-14(19)17-12-5-3-11(15)4-6-12/h3-6,10,13,16,18H,7-9H2,1-2H3,(H,17,19). The molecule has 0 fully saturated rings. The van der Waals surface area contributed by atoms with Crippen LogP contribution in [0.25, 0.3) is 0 Å². The first-order chi connectivity index (χ1) is 9.01. The lowest BCUT2D eigenvalue weighted by Crippen LogP contribution is -2.39. The van der Waals surface area contributed by atoms with Crippen LogP contribution >= 0.6 is 15.9 Å². The van der Waals surface area contributed by atoms with Crippen molar-refractivity contribution in [1.82, 2.24) is 5.32 Å². The normalized spacial score (nSPS) is 12.5. The molecular weight excluding hydrogens is 308 g/mol. The van der Waals surface area contributed by atoms with E-state index in [0.29, 0.717) is 5.92 Å². The van der Waals surface area contributed by atoms with Crippen LogP contribution < -0.4 is 10.6 Å². The van der Waals surface area contributed by atoms with Crippen LogP contribution in [0.5, 0.6) is 0 Å². The summed E-state index contributed by atoms with van der Waals surface area (Å²) < 4.78 is 0.973. The van der Waals surface area contributed by atoms with Gasteiger partial charge in [0, 0.05) is 16.2 Å². The van der Waals surface area contributed by atoms with E-state index in [1.807, 2.05) is 24.3 Å². The van der Waals surface area contributed by atoms with Gasteiger partial charge in [0.2, 0.25) is 5.91 Å². The van der Waals surface area contributed by atoms with Gasteiger partial charge in [-0.3, -0.25) is 4.79 Å². The summed E-state index contributed by atoms with van der Waals surface area (Å²) in [5.41, 5.74) is 0.763. The highest BCUT2D eigenvalue weighted by molar-refractivity contribution is 9.10. The highest BCUT2D eigenvalue weighted by Crippen LogP contribution is 2.13. The smallest absolute Gasteiger partial charge is 0.238 e. The third-order valence-electron chi connectivity index (χ3n) is 2.66. The third-order valence-corrected chi connectivity index (χ3v) is 3.18. The predicted molar refractivity (Wildman–Crippen MR) is 81.1 cm³/mol. The van der Waals surface area contributed by atoms with Gasteiger partial charge in [-0.1, -0.05) is 29.8 Å². The second kappa shape index (κ2) is 8.30. The first-order valence-electron chi connectivity index (χ1n) is 6.41. The quantitative estimate of drug-likeness (QED) is 0.720. The van der Waals surface area contributed by atoms with Gasteiger partial charge in [-0.2, -0.15) is 0 Å². The fraction of sp³-hybridized carbons (Fsp3) is 0.500. The minimum absolute atomic E-state index is 0.0318. The molecule has 3 N–H and O–H groups in total. The maximum absolute atomic E-state index is 11.7. The Morgan fingerprint density at radius 2 is 1.95 bits per heavy atom. The molecule has 0 radical (unpaired) electrons. The van der Waals surface area contributed by atoms with Gasteiger partial charge in [0.1, 0.15) is 0 Å². The zero-order chi connectivity index (χ0) is 14.3. The van der Waals surface area contributed by atoms with E-state index in [4.69, 9.17) is 0 Å². The van der Waals surface area contributed by atoms with Crippen molar-refractivity contribution in [3.8, 4) is 0 Å². The van der Waals surface area contributed by atoms with Crippen molar-refractivity contribution in [2.75, 3.05) is 18.5 Å². The van der Waals surface area contributed by atoms with Crippen molar-refractivity contribution in [3.05, 3.63) is 28.7 Å². The minimum Gasteiger partial charge on any atom is -0.395 e. The molecule has 1 rings (SSSR count). The van der Waals surface area contributed by atoms with Gasteiger partial charge in [-0.05, 0) is 36.6 Å². The zero-order valence-corrected chi connectivity index (χ0v) is 12.9. The SMILES string of the molecule is CC(C)CC(CO)NCC(=O)Nc1ccc(Br)cc1. The van der Waals surface area contributed by atoms with Crippen LogP contribution in [0.4, 0.5) is 5.69 Å². The van der Waals surface area contributed by atoms with Crippen molar-refractivity contribution in [2.45, 2.75) is 26.3 Å². The Labute approximate surface area is 122 Å². The molecule has 1 aromatic carbocycles. The molecule has 106 valence electrons. The average Bonchev–Trinajstić information content (AvgIpc) is 2.37.